The molecule has 1 aliphatic heterocycles. The molecule has 1 aliphatic rings. The second kappa shape index (κ2) is 14.8. The van der Waals surface area contributed by atoms with Gasteiger partial charge >= 0.3 is 5.97 Å². The van der Waals surface area contributed by atoms with Crippen molar-refractivity contribution in [3.05, 3.63) is 76.4 Å². The van der Waals surface area contributed by atoms with Gasteiger partial charge in [0.15, 0.2) is 0 Å². The summed E-state index contributed by atoms with van der Waals surface area (Å²) < 4.78 is 0. The number of β-amino-alcohol motifs (C(OH)–C–C–N with tert-alkyl or cyclic N) is 1. The zero-order valence-corrected chi connectivity index (χ0v) is 27.0. The molecule has 1 unspecified atom stereocenters. The lowest BCUT2D eigenvalue weighted by molar-refractivity contribution is -0.144. The number of nitrogens with zero attached hydrogens (tertiary/aromatic N) is 2. The Labute approximate surface area is 267 Å². The zero-order chi connectivity index (χ0) is 32.7. The maximum absolute atomic E-state index is 13.8. The zero-order valence-electron chi connectivity index (χ0n) is 26.2. The van der Waals surface area contributed by atoms with Crippen LogP contribution in [-0.4, -0.2) is 68.5 Å². The van der Waals surface area contributed by atoms with Gasteiger partial charge in [0.25, 0.3) is 0 Å². The molecule has 3 aromatic rings. The molecule has 3 amide bonds. The van der Waals surface area contributed by atoms with E-state index in [0.29, 0.717) is 12.8 Å². The van der Waals surface area contributed by atoms with Gasteiger partial charge < -0.3 is 25.7 Å². The lowest BCUT2D eigenvalue weighted by Crippen LogP contribution is -2.57. The van der Waals surface area contributed by atoms with E-state index >= 15 is 0 Å². The molecule has 45 heavy (non-hydrogen) atoms. The Hall–Kier alpha value is -4.09. The van der Waals surface area contributed by atoms with E-state index < -0.39 is 35.5 Å². The highest BCUT2D eigenvalue weighted by Crippen LogP contribution is 2.28. The molecule has 11 heteroatoms. The van der Waals surface area contributed by atoms with Crippen LogP contribution in [0.15, 0.2) is 54.0 Å². The van der Waals surface area contributed by atoms with Crippen LogP contribution in [0.1, 0.15) is 62.4 Å². The van der Waals surface area contributed by atoms with Crippen LogP contribution < -0.4 is 10.6 Å². The third kappa shape index (κ3) is 9.21. The molecule has 0 radical (unpaired) electrons. The number of carbonyl (C=O) groups excluding carboxylic acids is 3. The molecule has 2 aromatic carbocycles. The maximum Gasteiger partial charge on any atom is 0.303 e. The van der Waals surface area contributed by atoms with Crippen molar-refractivity contribution in [1.29, 1.82) is 0 Å². The minimum Gasteiger partial charge on any atom is -0.481 e. The van der Waals surface area contributed by atoms with Crippen LogP contribution in [-0.2, 0) is 38.6 Å². The van der Waals surface area contributed by atoms with Crippen LogP contribution in [0.2, 0.25) is 0 Å². The summed E-state index contributed by atoms with van der Waals surface area (Å²) >= 11 is 1.57. The fourth-order valence-corrected chi connectivity index (χ4v) is 6.21. The van der Waals surface area contributed by atoms with Gasteiger partial charge in [0.05, 0.1) is 22.2 Å². The highest BCUT2D eigenvalue weighted by atomic mass is 32.1. The molecule has 10 nitrogen and oxygen atoms in total. The van der Waals surface area contributed by atoms with E-state index in [4.69, 9.17) is 5.11 Å². The number of hydrogen-bond donors (Lipinski definition) is 4. The molecular formula is C34H42N4O6S. The van der Waals surface area contributed by atoms with Gasteiger partial charge in [-0.1, -0.05) is 69.3 Å². The Balaban J connectivity index is 1.35. The van der Waals surface area contributed by atoms with E-state index in [1.807, 2.05) is 81.7 Å². The second-order valence-electron chi connectivity index (χ2n) is 12.7. The molecule has 0 spiro atoms. The number of hydrogen-bond acceptors (Lipinski definition) is 7. The maximum atomic E-state index is 13.8. The van der Waals surface area contributed by atoms with Gasteiger partial charge in [-0.2, -0.15) is 0 Å². The molecule has 1 aromatic heterocycles. The summed E-state index contributed by atoms with van der Waals surface area (Å²) in [5.41, 5.74) is 5.93. The largest absolute Gasteiger partial charge is 0.481 e. The van der Waals surface area contributed by atoms with Crippen molar-refractivity contribution in [2.75, 3.05) is 6.54 Å². The Morgan fingerprint density at radius 1 is 0.978 bits per heavy atom. The number of aliphatic hydroxyl groups is 1. The van der Waals surface area contributed by atoms with E-state index in [2.05, 4.69) is 15.6 Å². The smallest absolute Gasteiger partial charge is 0.303 e. The number of carbonyl (C=O) groups is 4. The molecule has 0 aliphatic carbocycles. The van der Waals surface area contributed by atoms with Crippen LogP contribution in [0.4, 0.5) is 0 Å². The summed E-state index contributed by atoms with van der Waals surface area (Å²) in [6, 6.07) is 13.6. The summed E-state index contributed by atoms with van der Waals surface area (Å²) in [7, 11) is 0. The highest BCUT2D eigenvalue weighted by Gasteiger charge is 2.44. The fourth-order valence-electron chi connectivity index (χ4n) is 5.40. The lowest BCUT2D eigenvalue weighted by atomic mass is 9.85. The van der Waals surface area contributed by atoms with Crippen LogP contribution >= 0.6 is 11.3 Å². The molecule has 1 saturated heterocycles. The van der Waals surface area contributed by atoms with Crippen molar-refractivity contribution >= 4 is 35.0 Å². The van der Waals surface area contributed by atoms with E-state index in [1.54, 1.807) is 11.3 Å². The van der Waals surface area contributed by atoms with Crippen molar-refractivity contribution in [2.24, 2.45) is 5.41 Å². The number of thiazole rings is 1. The van der Waals surface area contributed by atoms with E-state index in [0.717, 1.165) is 32.8 Å². The van der Waals surface area contributed by atoms with Gasteiger partial charge in [-0.3, -0.25) is 19.2 Å². The number of nitrogens with one attached hydrogen (secondary N) is 2. The Kier molecular flexibility index (Phi) is 11.1. The van der Waals surface area contributed by atoms with Gasteiger partial charge in [-0.05, 0) is 47.4 Å². The van der Waals surface area contributed by atoms with Crippen molar-refractivity contribution < 1.29 is 29.4 Å². The average molecular weight is 635 g/mol. The average Bonchev–Trinajstić information content (AvgIpc) is 3.61. The number of carboxylic acids is 1. The molecule has 0 saturated carbocycles. The highest BCUT2D eigenvalue weighted by molar-refractivity contribution is 7.13. The first-order valence-electron chi connectivity index (χ1n) is 15.2. The standard InChI is InChI=1S/C34H42N4O6S/c1-21-30(45-20-36-21)25-13-9-24(10-14-25)18-35-32(43)27-17-26(39)19-38(27)33(44)31(34(2,3)4)37-28(40)15-11-22-5-7-23(8-6-22)12-16-29(41)42/h5-10,13-14,20,26-27,31,39H,11-12,15-19H2,1-4H3,(H,35,43)(H,37,40)(H,41,42)/t26-,27+,31?/m1/s1. The molecule has 3 atom stereocenters. The van der Waals surface area contributed by atoms with Gasteiger partial charge in [0, 0.05) is 32.4 Å². The quantitative estimate of drug-likeness (QED) is 0.236. The number of aliphatic carboxylic acids is 1. The summed E-state index contributed by atoms with van der Waals surface area (Å²) in [4.78, 5) is 57.7. The number of rotatable bonds is 12. The van der Waals surface area contributed by atoms with Crippen molar-refractivity contribution in [3.63, 3.8) is 0 Å². The van der Waals surface area contributed by atoms with E-state index in [-0.39, 0.29) is 44.2 Å². The molecule has 240 valence electrons. The first-order valence-corrected chi connectivity index (χ1v) is 16.0. The minimum absolute atomic E-state index is 0.0104. The third-order valence-electron chi connectivity index (χ3n) is 8.00. The summed E-state index contributed by atoms with van der Waals surface area (Å²) in [5.74, 6) is -1.90. The number of aryl methyl sites for hydroxylation is 3. The molecule has 0 bridgehead atoms. The number of carboxylic acid groups (broad SMARTS) is 1. The summed E-state index contributed by atoms with van der Waals surface area (Å²) in [5, 5.41) is 25.1. The van der Waals surface area contributed by atoms with Gasteiger partial charge in [-0.25, -0.2) is 4.98 Å². The molecule has 4 rings (SSSR count). The Bertz CT molecular complexity index is 1500. The summed E-state index contributed by atoms with van der Waals surface area (Å²) in [6.45, 7) is 7.80. The van der Waals surface area contributed by atoms with Gasteiger partial charge in [-0.15, -0.1) is 11.3 Å². The fraction of sp³-hybridized carbons (Fsp3) is 0.441. The van der Waals surface area contributed by atoms with Gasteiger partial charge in [0.2, 0.25) is 17.7 Å². The van der Waals surface area contributed by atoms with Crippen LogP contribution in [0, 0.1) is 12.3 Å². The Morgan fingerprint density at radius 2 is 1.58 bits per heavy atom. The minimum atomic E-state index is -0.897. The van der Waals surface area contributed by atoms with Crippen LogP contribution in [0.3, 0.4) is 0 Å². The molecule has 4 N–H and O–H groups in total. The first-order chi connectivity index (χ1) is 21.3. The van der Waals surface area contributed by atoms with Crippen LogP contribution in [0.25, 0.3) is 10.4 Å². The van der Waals surface area contributed by atoms with Crippen molar-refractivity contribution in [3.8, 4) is 10.4 Å². The number of aliphatic hydroxyl groups excluding tert-OH is 1. The number of likely N-dealkylation sites (tertiary alicyclic amines) is 1. The van der Waals surface area contributed by atoms with Gasteiger partial charge in [0.1, 0.15) is 12.1 Å². The second-order valence-corrected chi connectivity index (χ2v) is 13.5. The van der Waals surface area contributed by atoms with Crippen molar-refractivity contribution in [1.82, 2.24) is 20.5 Å². The molecular weight excluding hydrogens is 592 g/mol. The third-order valence-corrected chi connectivity index (χ3v) is 8.98. The normalized spacial score (nSPS) is 17.1. The van der Waals surface area contributed by atoms with E-state index in [1.165, 1.54) is 4.90 Å². The number of benzene rings is 2. The molecule has 1 fully saturated rings. The predicted molar refractivity (Wildman–Crippen MR) is 172 cm³/mol. The van der Waals surface area contributed by atoms with Crippen molar-refractivity contribution in [2.45, 2.75) is 84.5 Å². The Morgan fingerprint density at radius 3 is 2.13 bits per heavy atom. The first kappa shape index (κ1) is 33.8. The van der Waals surface area contributed by atoms with E-state index in [9.17, 15) is 24.3 Å². The predicted octanol–water partition coefficient (Wildman–Crippen LogP) is 3.88. The summed E-state index contributed by atoms with van der Waals surface area (Å²) in [6.07, 6.45) is 0.381. The molecule has 2 heterocycles. The monoisotopic (exact) mass is 634 g/mol. The topological polar surface area (TPSA) is 149 Å². The SMILES string of the molecule is Cc1ncsc1-c1ccc(CNC(=O)[C@@H]2C[C@@H](O)CN2C(=O)C(NC(=O)CCc2ccc(CCC(=O)O)cc2)C(C)(C)C)cc1. The number of aromatic nitrogens is 1. The lowest BCUT2D eigenvalue weighted by Gasteiger charge is -2.35. The number of amides is 3. The van der Waals surface area contributed by atoms with Crippen LogP contribution in [0.5, 0.6) is 0 Å².